The number of aromatic nitrogens is 2. The summed E-state index contributed by atoms with van der Waals surface area (Å²) in [7, 11) is 0. The van der Waals surface area contributed by atoms with Gasteiger partial charge in [0.05, 0.1) is 5.69 Å². The number of likely N-dealkylation sites (tertiary alicyclic amines) is 1. The molecule has 0 N–H and O–H groups in total. The van der Waals surface area contributed by atoms with Crippen molar-refractivity contribution in [1.82, 2.24) is 14.9 Å². The summed E-state index contributed by atoms with van der Waals surface area (Å²) in [6, 6.07) is 9.13. The summed E-state index contributed by atoms with van der Waals surface area (Å²) >= 11 is 1.94. The first kappa shape index (κ1) is 15.8. The fourth-order valence-electron chi connectivity index (χ4n) is 3.51. The van der Waals surface area contributed by atoms with E-state index in [0.717, 1.165) is 43.2 Å². The van der Waals surface area contributed by atoms with Gasteiger partial charge in [-0.15, -0.1) is 11.8 Å². The molecule has 4 nitrogen and oxygen atoms in total. The lowest BCUT2D eigenvalue weighted by molar-refractivity contribution is 0.0885. The molecule has 0 saturated carbocycles. The van der Waals surface area contributed by atoms with Gasteiger partial charge in [-0.25, -0.2) is 9.37 Å². The van der Waals surface area contributed by atoms with Crippen molar-refractivity contribution >= 4 is 11.8 Å². The maximum Gasteiger partial charge on any atom is 0.250 e. The molecule has 0 aromatic carbocycles. The van der Waals surface area contributed by atoms with Crippen molar-refractivity contribution < 1.29 is 9.13 Å². The Morgan fingerprint density at radius 2 is 2.21 bits per heavy atom. The van der Waals surface area contributed by atoms with E-state index in [1.807, 2.05) is 24.8 Å². The zero-order valence-corrected chi connectivity index (χ0v) is 14.4. The van der Waals surface area contributed by atoms with Crippen LogP contribution < -0.4 is 4.74 Å². The molecule has 2 aromatic rings. The molecule has 2 saturated heterocycles. The van der Waals surface area contributed by atoms with Crippen LogP contribution in [0.15, 0.2) is 36.5 Å². The quantitative estimate of drug-likeness (QED) is 0.851. The summed E-state index contributed by atoms with van der Waals surface area (Å²) < 4.78 is 19.7. The predicted octanol–water partition coefficient (Wildman–Crippen LogP) is 3.06. The lowest BCUT2D eigenvalue weighted by Gasteiger charge is -2.47. The first-order chi connectivity index (χ1) is 11.6. The highest BCUT2D eigenvalue weighted by molar-refractivity contribution is 8.01. The van der Waals surface area contributed by atoms with Gasteiger partial charge in [0.15, 0.2) is 5.82 Å². The number of thioether (sulfide) groups is 1. The molecule has 2 aromatic heterocycles. The molecule has 6 heteroatoms. The summed E-state index contributed by atoms with van der Waals surface area (Å²) in [5, 5.41) is 0. The SMILES string of the molecule is Cc1cccc(CN2CC3(CC(Oc4ncccc4F)CS3)C2)n1. The van der Waals surface area contributed by atoms with E-state index in [0.29, 0.717) is 0 Å². The lowest BCUT2D eigenvalue weighted by Crippen LogP contribution is -2.58. The van der Waals surface area contributed by atoms with Crippen LogP contribution in [0.3, 0.4) is 0 Å². The highest BCUT2D eigenvalue weighted by Gasteiger charge is 2.49. The Labute approximate surface area is 145 Å². The Morgan fingerprint density at radius 1 is 1.33 bits per heavy atom. The second-order valence-electron chi connectivity index (χ2n) is 6.64. The van der Waals surface area contributed by atoms with Gasteiger partial charge < -0.3 is 4.74 Å². The van der Waals surface area contributed by atoms with Crippen molar-refractivity contribution in [3.8, 4) is 5.88 Å². The van der Waals surface area contributed by atoms with Crippen molar-refractivity contribution in [2.75, 3.05) is 18.8 Å². The number of rotatable bonds is 4. The number of halogens is 1. The van der Waals surface area contributed by atoms with E-state index < -0.39 is 0 Å². The highest BCUT2D eigenvalue weighted by Crippen LogP contribution is 2.46. The van der Waals surface area contributed by atoms with E-state index in [9.17, 15) is 4.39 Å². The summed E-state index contributed by atoms with van der Waals surface area (Å²) in [6.45, 7) is 4.99. The normalized spacial score (nSPS) is 22.5. The molecular weight excluding hydrogens is 325 g/mol. The Morgan fingerprint density at radius 3 is 3.00 bits per heavy atom. The third-order valence-electron chi connectivity index (χ3n) is 4.53. The molecule has 1 atom stereocenters. The summed E-state index contributed by atoms with van der Waals surface area (Å²) in [4.78, 5) is 11.0. The number of hydrogen-bond acceptors (Lipinski definition) is 5. The third kappa shape index (κ3) is 3.26. The van der Waals surface area contributed by atoms with E-state index >= 15 is 0 Å². The molecule has 1 unspecified atom stereocenters. The molecule has 126 valence electrons. The van der Waals surface area contributed by atoms with Gasteiger partial charge in [0, 0.05) is 48.4 Å². The second kappa shape index (κ2) is 6.33. The molecule has 2 fully saturated rings. The van der Waals surface area contributed by atoms with Gasteiger partial charge in [-0.2, -0.15) is 0 Å². The standard InChI is InChI=1S/C18H20FN3OS/c1-13-4-2-5-14(21-13)9-22-11-18(12-22)8-15(10-24-18)23-17-16(19)6-3-7-20-17/h2-7,15H,8-12H2,1H3. The van der Waals surface area contributed by atoms with Crippen LogP contribution in [-0.4, -0.2) is 44.6 Å². The number of nitrogens with zero attached hydrogens (tertiary/aromatic N) is 3. The van der Waals surface area contributed by atoms with Crippen LogP contribution in [0.25, 0.3) is 0 Å². The summed E-state index contributed by atoms with van der Waals surface area (Å²) in [5.41, 5.74) is 2.18. The van der Waals surface area contributed by atoms with Gasteiger partial charge in [-0.05, 0) is 31.2 Å². The van der Waals surface area contributed by atoms with Crippen LogP contribution in [0.4, 0.5) is 4.39 Å². The number of pyridine rings is 2. The van der Waals surface area contributed by atoms with E-state index in [1.54, 1.807) is 12.3 Å². The van der Waals surface area contributed by atoms with Crippen LogP contribution >= 0.6 is 11.8 Å². The van der Waals surface area contributed by atoms with Crippen molar-refractivity contribution in [2.45, 2.75) is 30.7 Å². The molecule has 0 aliphatic carbocycles. The monoisotopic (exact) mass is 345 g/mol. The molecule has 0 amide bonds. The van der Waals surface area contributed by atoms with Gasteiger partial charge in [0.25, 0.3) is 5.88 Å². The van der Waals surface area contributed by atoms with Crippen molar-refractivity contribution in [3.05, 3.63) is 53.7 Å². The molecule has 2 aliphatic heterocycles. The van der Waals surface area contributed by atoms with Crippen molar-refractivity contribution in [3.63, 3.8) is 0 Å². The zero-order chi connectivity index (χ0) is 16.6. The number of ether oxygens (including phenoxy) is 1. The van der Waals surface area contributed by atoms with Gasteiger partial charge in [0.1, 0.15) is 6.10 Å². The average Bonchev–Trinajstić information content (AvgIpc) is 2.93. The van der Waals surface area contributed by atoms with Crippen LogP contribution in [0.5, 0.6) is 5.88 Å². The molecule has 1 spiro atoms. The van der Waals surface area contributed by atoms with Crippen LogP contribution in [-0.2, 0) is 6.54 Å². The minimum absolute atomic E-state index is 0.0404. The Kier molecular flexibility index (Phi) is 4.18. The number of aryl methyl sites for hydroxylation is 1. The third-order valence-corrected chi connectivity index (χ3v) is 6.11. The second-order valence-corrected chi connectivity index (χ2v) is 8.13. The van der Waals surface area contributed by atoms with Gasteiger partial charge in [-0.3, -0.25) is 9.88 Å². The predicted molar refractivity (Wildman–Crippen MR) is 92.7 cm³/mol. The van der Waals surface area contributed by atoms with E-state index in [1.165, 1.54) is 6.07 Å². The maximum atomic E-state index is 13.7. The Hall–Kier alpha value is -1.66. The van der Waals surface area contributed by atoms with Crippen LogP contribution in [0, 0.1) is 12.7 Å². The zero-order valence-electron chi connectivity index (χ0n) is 13.6. The molecular formula is C18H20FN3OS. The molecule has 2 aliphatic rings. The van der Waals surface area contributed by atoms with Crippen LogP contribution in [0.2, 0.25) is 0 Å². The average molecular weight is 345 g/mol. The lowest BCUT2D eigenvalue weighted by atomic mass is 9.93. The van der Waals surface area contributed by atoms with Crippen molar-refractivity contribution in [2.24, 2.45) is 0 Å². The van der Waals surface area contributed by atoms with E-state index in [2.05, 4.69) is 27.0 Å². The molecule has 4 rings (SSSR count). The molecule has 0 radical (unpaired) electrons. The molecule has 4 heterocycles. The van der Waals surface area contributed by atoms with Gasteiger partial charge in [-0.1, -0.05) is 6.07 Å². The minimum atomic E-state index is -0.385. The van der Waals surface area contributed by atoms with Gasteiger partial charge in [0.2, 0.25) is 0 Å². The Bertz CT molecular complexity index is 736. The summed E-state index contributed by atoms with van der Waals surface area (Å²) in [6.07, 6.45) is 2.56. The van der Waals surface area contributed by atoms with E-state index in [4.69, 9.17) is 4.74 Å². The first-order valence-corrected chi connectivity index (χ1v) is 9.16. The largest absolute Gasteiger partial charge is 0.471 e. The van der Waals surface area contributed by atoms with Gasteiger partial charge >= 0.3 is 0 Å². The maximum absolute atomic E-state index is 13.7. The van der Waals surface area contributed by atoms with Crippen molar-refractivity contribution in [1.29, 1.82) is 0 Å². The topological polar surface area (TPSA) is 38.2 Å². The Balaban J connectivity index is 1.31. The highest BCUT2D eigenvalue weighted by atomic mass is 32.2. The molecule has 24 heavy (non-hydrogen) atoms. The fourth-order valence-corrected chi connectivity index (χ4v) is 5.09. The fraction of sp³-hybridized carbons (Fsp3) is 0.444. The minimum Gasteiger partial charge on any atom is -0.471 e. The van der Waals surface area contributed by atoms with Crippen LogP contribution in [0.1, 0.15) is 17.8 Å². The summed E-state index contributed by atoms with van der Waals surface area (Å²) in [5.74, 6) is 0.636. The van der Waals surface area contributed by atoms with E-state index in [-0.39, 0.29) is 22.5 Å². The molecule has 0 bridgehead atoms. The number of hydrogen-bond donors (Lipinski definition) is 0. The smallest absolute Gasteiger partial charge is 0.250 e. The first-order valence-electron chi connectivity index (χ1n) is 8.18.